The van der Waals surface area contributed by atoms with Crippen LogP contribution >= 0.6 is 36.9 Å². The minimum absolute atomic E-state index is 0.454. The first-order valence-electron chi connectivity index (χ1n) is 5.01. The Kier molecular flexibility index (Phi) is 3.41. The number of nitrogens with zero attached hydrogens (tertiary/aromatic N) is 4. The van der Waals surface area contributed by atoms with E-state index in [1.54, 1.807) is 6.21 Å². The molecule has 0 amide bonds. The Morgan fingerprint density at radius 1 is 1.06 bits per heavy atom. The number of hydrogen-bond acceptors (Lipinski definition) is 5. The fourth-order valence-corrected chi connectivity index (χ4v) is 3.79. The molecule has 90 valence electrons. The van der Waals surface area contributed by atoms with Crippen molar-refractivity contribution in [2.75, 3.05) is 0 Å². The molecule has 1 aliphatic rings. The average molecular weight is 417 g/mol. The molecule has 2 heterocycles. The standard InChI is InChI=1S/C11H6BrIN4O/c12-8-6-14-13-9(15-8)11-17-16-10(18-11)7-4-2-1-3-5-7/h1-6H. The molecule has 1 aromatic heterocycles. The zero-order valence-electron chi connectivity index (χ0n) is 8.92. The van der Waals surface area contributed by atoms with E-state index in [0.29, 0.717) is 16.4 Å². The molecule has 0 N–H and O–H groups in total. The maximum absolute atomic E-state index is 5.62. The maximum Gasteiger partial charge on any atom is 0.274 e. The second-order valence-corrected chi connectivity index (χ2v) is 6.19. The molecule has 0 spiro atoms. The van der Waals surface area contributed by atoms with Crippen molar-refractivity contribution in [1.29, 1.82) is 0 Å². The van der Waals surface area contributed by atoms with Gasteiger partial charge in [0.1, 0.15) is 4.62 Å². The van der Waals surface area contributed by atoms with Crippen molar-refractivity contribution in [3.05, 3.63) is 36.2 Å². The van der Waals surface area contributed by atoms with Crippen LogP contribution in [-0.2, 0) is 0 Å². The molecule has 0 fully saturated rings. The van der Waals surface area contributed by atoms with Gasteiger partial charge in [-0.3, -0.25) is 0 Å². The first-order valence-corrected chi connectivity index (χ1v) is 7.84. The van der Waals surface area contributed by atoms with Gasteiger partial charge < -0.3 is 4.42 Å². The largest absolute Gasteiger partial charge is 0.414 e. The molecule has 0 radical (unpaired) electrons. The summed E-state index contributed by atoms with van der Waals surface area (Å²) in [5.41, 5.74) is 0.900. The average Bonchev–Trinajstić information content (AvgIpc) is 2.89. The van der Waals surface area contributed by atoms with Gasteiger partial charge in [-0.25, -0.2) is 8.20 Å². The highest BCUT2D eigenvalue weighted by Crippen LogP contribution is 2.21. The fraction of sp³-hybridized carbons (Fsp3) is 0. The van der Waals surface area contributed by atoms with Crippen LogP contribution in [-0.4, -0.2) is 24.7 Å². The van der Waals surface area contributed by atoms with E-state index in [9.17, 15) is 0 Å². The molecule has 5 nitrogen and oxygen atoms in total. The lowest BCUT2D eigenvalue weighted by Crippen LogP contribution is -2.01. The molecule has 2 aromatic rings. The summed E-state index contributed by atoms with van der Waals surface area (Å²) in [5.74, 6) is 0.957. The third-order valence-electron chi connectivity index (χ3n) is 2.11. The van der Waals surface area contributed by atoms with Crippen LogP contribution in [0.4, 0.5) is 0 Å². The van der Waals surface area contributed by atoms with Crippen molar-refractivity contribution < 1.29 is 4.42 Å². The molecule has 18 heavy (non-hydrogen) atoms. The van der Waals surface area contributed by atoms with E-state index in [0.717, 1.165) is 9.20 Å². The predicted molar refractivity (Wildman–Crippen MR) is 82.7 cm³/mol. The van der Waals surface area contributed by atoms with Crippen molar-refractivity contribution in [1.82, 2.24) is 10.2 Å². The molecule has 0 saturated heterocycles. The van der Waals surface area contributed by atoms with E-state index in [4.69, 9.17) is 4.42 Å². The van der Waals surface area contributed by atoms with E-state index >= 15 is 0 Å². The van der Waals surface area contributed by atoms with E-state index in [-0.39, 0.29) is 0 Å². The molecule has 3 rings (SSSR count). The highest BCUT2D eigenvalue weighted by atomic mass is 127. The number of halogens is 2. The lowest BCUT2D eigenvalue weighted by atomic mass is 10.2. The lowest BCUT2D eigenvalue weighted by molar-refractivity contribution is 0.559. The Labute approximate surface area is 121 Å². The third kappa shape index (κ3) is 2.46. The molecule has 1 aromatic carbocycles. The number of aromatic nitrogens is 2. The monoisotopic (exact) mass is 416 g/mol. The van der Waals surface area contributed by atoms with E-state index < -0.39 is 21.0 Å². The quantitative estimate of drug-likeness (QED) is 0.707. The minimum atomic E-state index is -0.541. The van der Waals surface area contributed by atoms with Gasteiger partial charge in [-0.15, -0.1) is 10.2 Å². The van der Waals surface area contributed by atoms with Crippen molar-refractivity contribution in [3.8, 4) is 11.5 Å². The molecule has 1 aliphatic heterocycles. The van der Waals surface area contributed by atoms with E-state index in [1.165, 1.54) is 0 Å². The smallest absolute Gasteiger partial charge is 0.274 e. The van der Waals surface area contributed by atoms with Gasteiger partial charge in [0, 0.05) is 5.56 Å². The van der Waals surface area contributed by atoms with Crippen molar-refractivity contribution in [3.63, 3.8) is 0 Å². The normalized spacial score (nSPS) is 14.7. The van der Waals surface area contributed by atoms with Crippen LogP contribution < -0.4 is 0 Å². The van der Waals surface area contributed by atoms with Crippen molar-refractivity contribution in [2.45, 2.75) is 0 Å². The Morgan fingerprint density at radius 3 is 2.61 bits per heavy atom. The van der Waals surface area contributed by atoms with Crippen LogP contribution in [0.5, 0.6) is 0 Å². The van der Waals surface area contributed by atoms with Crippen LogP contribution in [0.15, 0.2) is 42.9 Å². The van der Waals surface area contributed by atoms with Crippen molar-refractivity contribution in [2.24, 2.45) is 8.20 Å². The molecule has 0 atom stereocenters. The van der Waals surface area contributed by atoms with Crippen LogP contribution in [0, 0.1) is 0 Å². The van der Waals surface area contributed by atoms with Crippen LogP contribution in [0.2, 0.25) is 0 Å². The minimum Gasteiger partial charge on any atom is -0.414 e. The summed E-state index contributed by atoms with van der Waals surface area (Å²) in [6.45, 7) is 0. The zero-order chi connectivity index (χ0) is 12.4. The number of hydrogen-bond donors (Lipinski definition) is 0. The summed E-state index contributed by atoms with van der Waals surface area (Å²) in [6, 6.07) is 9.65. The van der Waals surface area contributed by atoms with Gasteiger partial charge in [0.2, 0.25) is 5.89 Å². The van der Waals surface area contributed by atoms with Gasteiger partial charge in [0.25, 0.3) is 5.89 Å². The lowest BCUT2D eigenvalue weighted by Gasteiger charge is -1.97. The number of aliphatic imine (C=N–C) groups is 1. The highest BCUT2D eigenvalue weighted by molar-refractivity contribution is 14.2. The first-order chi connectivity index (χ1) is 8.83. The van der Waals surface area contributed by atoms with Crippen LogP contribution in [0.1, 0.15) is 5.89 Å². The highest BCUT2D eigenvalue weighted by Gasteiger charge is 2.14. The Hall–Kier alpha value is -1.22. The summed E-state index contributed by atoms with van der Waals surface area (Å²) in [4.78, 5) is 4.31. The van der Waals surface area contributed by atoms with Crippen LogP contribution in [0.25, 0.3) is 11.5 Å². The van der Waals surface area contributed by atoms with Gasteiger partial charge in [-0.2, -0.15) is 0 Å². The fourth-order valence-electron chi connectivity index (χ4n) is 1.34. The van der Waals surface area contributed by atoms with Gasteiger partial charge >= 0.3 is 0 Å². The summed E-state index contributed by atoms with van der Waals surface area (Å²) < 4.78 is 11.3. The molecule has 7 heteroatoms. The second-order valence-electron chi connectivity index (χ2n) is 3.31. The molecular weight excluding hydrogens is 411 g/mol. The number of rotatable bonds is 2. The Bertz CT molecular complexity index is 663. The molecular formula is C11H6BrIN4O. The van der Waals surface area contributed by atoms with Gasteiger partial charge in [-0.05, 0) is 28.1 Å². The first kappa shape index (κ1) is 11.8. The molecule has 0 saturated carbocycles. The molecule has 0 aliphatic carbocycles. The Balaban J connectivity index is 1.96. The zero-order valence-corrected chi connectivity index (χ0v) is 12.7. The number of benzene rings is 1. The third-order valence-corrected chi connectivity index (χ3v) is 4.21. The van der Waals surface area contributed by atoms with Gasteiger partial charge in [0.15, 0.2) is 3.63 Å². The van der Waals surface area contributed by atoms with E-state index in [2.05, 4.69) is 34.3 Å². The maximum atomic E-state index is 5.62. The van der Waals surface area contributed by atoms with Crippen molar-refractivity contribution >= 4 is 51.4 Å². The van der Waals surface area contributed by atoms with Crippen LogP contribution in [0.3, 0.4) is 0 Å². The summed E-state index contributed by atoms with van der Waals surface area (Å²) >= 11 is 2.74. The van der Waals surface area contributed by atoms with Gasteiger partial charge in [0.05, 0.1) is 27.2 Å². The SMILES string of the molecule is BrC1=NC(c2nnc(-c3ccccc3)o2)=IN=C1. The molecule has 0 unspecified atom stereocenters. The molecule has 0 bridgehead atoms. The summed E-state index contributed by atoms with van der Waals surface area (Å²) in [7, 11) is 0. The summed E-state index contributed by atoms with van der Waals surface area (Å²) in [5, 5.41) is 8.05. The second kappa shape index (κ2) is 5.19. The van der Waals surface area contributed by atoms with Gasteiger partial charge in [-0.1, -0.05) is 18.2 Å². The van der Waals surface area contributed by atoms with E-state index in [1.807, 2.05) is 30.3 Å². The summed E-state index contributed by atoms with van der Waals surface area (Å²) in [6.07, 6.45) is 1.70. The predicted octanol–water partition coefficient (Wildman–Crippen LogP) is 2.98. The Morgan fingerprint density at radius 2 is 1.83 bits per heavy atom. The topological polar surface area (TPSA) is 63.6 Å².